The number of amides is 1. The number of carbonyl (C=O) groups excluding carboxylic acids is 1. The number of anilines is 2. The Kier molecular flexibility index (Phi) is 7.06. The molecule has 3 aromatic heterocycles. The summed E-state index contributed by atoms with van der Waals surface area (Å²) in [5.74, 6) is 1.74. The molecule has 1 aromatic carbocycles. The van der Waals surface area contributed by atoms with Gasteiger partial charge in [-0.05, 0) is 24.6 Å². The normalized spacial score (nSPS) is 10.7. The number of nitrogens with one attached hydrogen (secondary N) is 4. The van der Waals surface area contributed by atoms with Crippen LogP contribution in [-0.2, 0) is 6.54 Å². The molecule has 0 unspecified atom stereocenters. The summed E-state index contributed by atoms with van der Waals surface area (Å²) in [7, 11) is 3.10. The highest BCUT2D eigenvalue weighted by molar-refractivity contribution is 6.32. The van der Waals surface area contributed by atoms with E-state index in [1.54, 1.807) is 30.1 Å². The third kappa shape index (κ3) is 4.71. The molecule has 35 heavy (non-hydrogen) atoms. The Morgan fingerprint density at radius 1 is 1.23 bits per heavy atom. The lowest BCUT2D eigenvalue weighted by Crippen LogP contribution is -2.18. The number of fused-ring (bicyclic) bond motifs is 1. The second-order valence-electron chi connectivity index (χ2n) is 7.42. The summed E-state index contributed by atoms with van der Waals surface area (Å²) in [6, 6.07) is 5.51. The average Bonchev–Trinajstić information content (AvgIpc) is 3.37. The second kappa shape index (κ2) is 10.3. The number of nitrogens with zero attached hydrogens (tertiary/aromatic N) is 5. The van der Waals surface area contributed by atoms with Gasteiger partial charge in [-0.25, -0.2) is 9.97 Å². The largest absolute Gasteiger partial charge is 0.495 e. The van der Waals surface area contributed by atoms with Gasteiger partial charge in [0, 0.05) is 55.1 Å². The molecule has 0 saturated carbocycles. The predicted octanol–water partition coefficient (Wildman–Crippen LogP) is 3.27. The van der Waals surface area contributed by atoms with Crippen LogP contribution in [0, 0.1) is 5.41 Å². The SMILES string of the molecule is CCNc1ncc2c(-n3cnc(C(=O)NC)c3)nnc(NCc3ccc(OC)c(Cl)c3)c2c1C=N. The van der Waals surface area contributed by atoms with Gasteiger partial charge in [0.25, 0.3) is 5.91 Å². The maximum atomic E-state index is 12.0. The molecule has 0 atom stereocenters. The predicted molar refractivity (Wildman–Crippen MR) is 135 cm³/mol. The summed E-state index contributed by atoms with van der Waals surface area (Å²) in [6.45, 7) is 3.00. The number of rotatable bonds is 9. The lowest BCUT2D eigenvalue weighted by atomic mass is 10.1. The first-order chi connectivity index (χ1) is 17.0. The van der Waals surface area contributed by atoms with Gasteiger partial charge in [0.2, 0.25) is 0 Å². The lowest BCUT2D eigenvalue weighted by molar-refractivity contribution is 0.0958. The van der Waals surface area contributed by atoms with Gasteiger partial charge in [-0.15, -0.1) is 10.2 Å². The molecule has 0 aliphatic carbocycles. The zero-order valence-corrected chi connectivity index (χ0v) is 20.1. The number of ether oxygens (including phenoxy) is 1. The van der Waals surface area contributed by atoms with Gasteiger partial charge < -0.3 is 26.1 Å². The molecule has 12 heteroatoms. The van der Waals surface area contributed by atoms with E-state index in [1.165, 1.54) is 19.6 Å². The Bertz CT molecular complexity index is 1400. The van der Waals surface area contributed by atoms with Gasteiger partial charge in [0.15, 0.2) is 11.6 Å². The van der Waals surface area contributed by atoms with Crippen LogP contribution in [0.4, 0.5) is 11.6 Å². The van der Waals surface area contributed by atoms with Gasteiger partial charge in [-0.3, -0.25) is 9.36 Å². The number of imidazole rings is 1. The molecule has 180 valence electrons. The number of aromatic nitrogens is 5. The van der Waals surface area contributed by atoms with E-state index in [9.17, 15) is 4.79 Å². The van der Waals surface area contributed by atoms with Crippen LogP contribution in [0.3, 0.4) is 0 Å². The molecule has 0 saturated heterocycles. The van der Waals surface area contributed by atoms with Crippen molar-refractivity contribution >= 4 is 46.1 Å². The molecular formula is C23H24ClN9O2. The van der Waals surface area contributed by atoms with Crippen molar-refractivity contribution in [3.8, 4) is 11.6 Å². The van der Waals surface area contributed by atoms with E-state index in [2.05, 4.69) is 36.1 Å². The summed E-state index contributed by atoms with van der Waals surface area (Å²) in [6.07, 6.45) is 5.96. The first-order valence-corrected chi connectivity index (χ1v) is 11.1. The molecule has 1 amide bonds. The van der Waals surface area contributed by atoms with Gasteiger partial charge in [-0.1, -0.05) is 17.7 Å². The Morgan fingerprint density at radius 2 is 2.06 bits per heavy atom. The highest BCUT2D eigenvalue weighted by Crippen LogP contribution is 2.32. The van der Waals surface area contributed by atoms with Crippen molar-refractivity contribution in [3.05, 3.63) is 58.8 Å². The fourth-order valence-corrected chi connectivity index (χ4v) is 3.89. The smallest absolute Gasteiger partial charge is 0.271 e. The van der Waals surface area contributed by atoms with Crippen molar-refractivity contribution in [3.63, 3.8) is 0 Å². The standard InChI is InChI=1S/C23H24ClN9O2/c1-4-27-20-14(8-25)19-15(10-29-20)22(33-11-17(30-12-33)23(34)26-2)32-31-21(19)28-9-13-5-6-18(35-3)16(24)7-13/h5-8,10-12,25H,4,9H2,1-3H3,(H,26,34)(H,27,29)(H,28,31). The van der Waals surface area contributed by atoms with E-state index in [1.807, 2.05) is 19.1 Å². The maximum Gasteiger partial charge on any atom is 0.271 e. The van der Waals surface area contributed by atoms with Gasteiger partial charge in [-0.2, -0.15) is 0 Å². The van der Waals surface area contributed by atoms with Crippen LogP contribution in [0.2, 0.25) is 5.02 Å². The molecular weight excluding hydrogens is 470 g/mol. The van der Waals surface area contributed by atoms with E-state index >= 15 is 0 Å². The number of carbonyl (C=O) groups is 1. The molecule has 11 nitrogen and oxygen atoms in total. The fourth-order valence-electron chi connectivity index (χ4n) is 3.61. The van der Waals surface area contributed by atoms with Crippen molar-refractivity contribution in [1.82, 2.24) is 30.0 Å². The van der Waals surface area contributed by atoms with Crippen LogP contribution < -0.4 is 20.7 Å². The summed E-state index contributed by atoms with van der Waals surface area (Å²) in [5.41, 5.74) is 1.71. The molecule has 0 fully saturated rings. The first kappa shape index (κ1) is 23.9. The molecule has 0 radical (unpaired) electrons. The molecule has 4 aromatic rings. The van der Waals surface area contributed by atoms with E-state index in [0.717, 1.165) is 5.56 Å². The monoisotopic (exact) mass is 493 g/mol. The molecule has 4 rings (SSSR count). The minimum atomic E-state index is -0.315. The van der Waals surface area contributed by atoms with E-state index < -0.39 is 0 Å². The fraction of sp³-hybridized carbons (Fsp3) is 0.217. The van der Waals surface area contributed by atoms with Gasteiger partial charge in [0.1, 0.15) is 23.6 Å². The van der Waals surface area contributed by atoms with Crippen LogP contribution in [0.1, 0.15) is 28.5 Å². The van der Waals surface area contributed by atoms with E-state index in [0.29, 0.717) is 57.7 Å². The Hall–Kier alpha value is -4.25. The van der Waals surface area contributed by atoms with Crippen molar-refractivity contribution in [1.29, 1.82) is 5.41 Å². The minimum absolute atomic E-state index is 0.241. The van der Waals surface area contributed by atoms with E-state index in [-0.39, 0.29) is 11.6 Å². The molecule has 0 bridgehead atoms. The molecule has 4 N–H and O–H groups in total. The Morgan fingerprint density at radius 3 is 2.74 bits per heavy atom. The summed E-state index contributed by atoms with van der Waals surface area (Å²) >= 11 is 6.27. The number of pyridine rings is 1. The number of hydrogen-bond acceptors (Lipinski definition) is 9. The maximum absolute atomic E-state index is 12.0. The van der Waals surface area contributed by atoms with Crippen molar-refractivity contribution < 1.29 is 9.53 Å². The Balaban J connectivity index is 1.81. The van der Waals surface area contributed by atoms with Gasteiger partial charge >= 0.3 is 0 Å². The van der Waals surface area contributed by atoms with Crippen LogP contribution in [0.25, 0.3) is 16.6 Å². The molecule has 0 aliphatic rings. The number of benzene rings is 1. The minimum Gasteiger partial charge on any atom is -0.495 e. The molecule has 0 aliphatic heterocycles. The van der Waals surface area contributed by atoms with Gasteiger partial charge in [0.05, 0.1) is 12.1 Å². The first-order valence-electron chi connectivity index (χ1n) is 10.8. The topological polar surface area (TPSA) is 143 Å². The third-order valence-corrected chi connectivity index (χ3v) is 5.59. The molecule has 3 heterocycles. The van der Waals surface area contributed by atoms with Crippen molar-refractivity contribution in [2.24, 2.45) is 0 Å². The lowest BCUT2D eigenvalue weighted by Gasteiger charge is -2.15. The zero-order chi connectivity index (χ0) is 24.9. The average molecular weight is 494 g/mol. The third-order valence-electron chi connectivity index (χ3n) is 5.29. The quantitative estimate of drug-likeness (QED) is 0.260. The summed E-state index contributed by atoms with van der Waals surface area (Å²) in [5, 5.41) is 27.7. The van der Waals surface area contributed by atoms with Crippen LogP contribution in [-0.4, -0.2) is 57.6 Å². The second-order valence-corrected chi connectivity index (χ2v) is 7.83. The van der Waals surface area contributed by atoms with Crippen molar-refractivity contribution in [2.75, 3.05) is 31.3 Å². The van der Waals surface area contributed by atoms with Crippen LogP contribution in [0.5, 0.6) is 5.75 Å². The highest BCUT2D eigenvalue weighted by Gasteiger charge is 2.19. The highest BCUT2D eigenvalue weighted by atomic mass is 35.5. The summed E-state index contributed by atoms with van der Waals surface area (Å²) in [4.78, 5) is 20.6. The van der Waals surface area contributed by atoms with E-state index in [4.69, 9.17) is 21.7 Å². The molecule has 0 spiro atoms. The van der Waals surface area contributed by atoms with Crippen LogP contribution in [0.15, 0.2) is 36.9 Å². The zero-order valence-electron chi connectivity index (χ0n) is 19.4. The number of halogens is 1. The van der Waals surface area contributed by atoms with Crippen LogP contribution >= 0.6 is 11.6 Å². The number of methoxy groups -OCH3 is 1. The van der Waals surface area contributed by atoms with Crippen molar-refractivity contribution in [2.45, 2.75) is 13.5 Å². The summed E-state index contributed by atoms with van der Waals surface area (Å²) < 4.78 is 6.83. The Labute approximate surface area is 206 Å². The number of hydrogen-bond donors (Lipinski definition) is 4.